The number of nitro groups is 1. The lowest BCUT2D eigenvalue weighted by Crippen LogP contribution is -2.56. The van der Waals surface area contributed by atoms with E-state index in [0.717, 1.165) is 11.1 Å². The monoisotopic (exact) mass is 185 g/mol. The number of hydrazine groups is 1. The summed E-state index contributed by atoms with van der Waals surface area (Å²) in [6.07, 6.45) is 3.39. The van der Waals surface area contributed by atoms with Crippen LogP contribution in [0.4, 0.5) is 0 Å². The smallest absolute Gasteiger partial charge is 0.407 e. The Bertz CT molecular complexity index is 284. The molecule has 1 rings (SSSR count). The van der Waals surface area contributed by atoms with Crippen molar-refractivity contribution in [1.29, 1.82) is 0 Å². The first-order valence-corrected chi connectivity index (χ1v) is 3.29. The second kappa shape index (κ2) is 2.87. The van der Waals surface area contributed by atoms with Crippen LogP contribution >= 0.6 is 0 Å². The van der Waals surface area contributed by atoms with Crippen LogP contribution in [0.15, 0.2) is 25.1 Å². The molecule has 0 aromatic carbocycles. The molecule has 7 heteroatoms. The highest BCUT2D eigenvalue weighted by molar-refractivity contribution is 5.79. The number of carbonyl (C=O) groups is 1. The molecule has 0 spiro atoms. The summed E-state index contributed by atoms with van der Waals surface area (Å²) in [5, 5.41) is 20.2. The van der Waals surface area contributed by atoms with Crippen LogP contribution < -0.4 is 5.43 Å². The van der Waals surface area contributed by atoms with Crippen LogP contribution in [-0.4, -0.2) is 26.7 Å². The van der Waals surface area contributed by atoms with Crippen LogP contribution in [0, 0.1) is 10.1 Å². The molecule has 0 amide bonds. The number of nitrogens with one attached hydrogen (secondary N) is 1. The van der Waals surface area contributed by atoms with Gasteiger partial charge in [-0.15, -0.1) is 5.43 Å². The van der Waals surface area contributed by atoms with E-state index in [-0.39, 0.29) is 0 Å². The molecule has 0 fully saturated rings. The molecule has 0 radical (unpaired) electrons. The summed E-state index contributed by atoms with van der Waals surface area (Å²) < 4.78 is 0. The summed E-state index contributed by atoms with van der Waals surface area (Å²) in [5.41, 5.74) is -0.111. The van der Waals surface area contributed by atoms with E-state index in [4.69, 9.17) is 5.11 Å². The van der Waals surface area contributed by atoms with Crippen LogP contribution in [0.25, 0.3) is 0 Å². The van der Waals surface area contributed by atoms with E-state index in [1.54, 1.807) is 0 Å². The van der Waals surface area contributed by atoms with E-state index in [1.165, 1.54) is 12.4 Å². The first kappa shape index (κ1) is 9.20. The summed E-state index contributed by atoms with van der Waals surface area (Å²) in [7, 11) is 0. The number of hydrogen-bond acceptors (Lipinski definition) is 5. The molecular weight excluding hydrogens is 178 g/mol. The van der Waals surface area contributed by atoms with Crippen molar-refractivity contribution in [2.75, 3.05) is 0 Å². The summed E-state index contributed by atoms with van der Waals surface area (Å²) >= 11 is 0. The molecule has 0 saturated carbocycles. The second-order valence-electron chi connectivity index (χ2n) is 2.35. The van der Waals surface area contributed by atoms with Crippen molar-refractivity contribution in [2.24, 2.45) is 0 Å². The third-order valence-corrected chi connectivity index (χ3v) is 1.59. The summed E-state index contributed by atoms with van der Waals surface area (Å²) in [4.78, 5) is 20.2. The van der Waals surface area contributed by atoms with Gasteiger partial charge in [-0.05, 0) is 0 Å². The van der Waals surface area contributed by atoms with Crippen molar-refractivity contribution in [3.63, 3.8) is 0 Å². The van der Waals surface area contributed by atoms with Crippen molar-refractivity contribution in [2.45, 2.75) is 5.66 Å². The lowest BCUT2D eigenvalue weighted by molar-refractivity contribution is -0.550. The topological polar surface area (TPSA) is 95.7 Å². The highest BCUT2D eigenvalue weighted by Crippen LogP contribution is 2.16. The Morgan fingerprint density at radius 1 is 1.85 bits per heavy atom. The predicted octanol–water partition coefficient (Wildman–Crippen LogP) is -0.479. The molecule has 13 heavy (non-hydrogen) atoms. The Hall–Kier alpha value is -1.89. The molecule has 0 aromatic heterocycles. The number of carboxylic acids is 1. The van der Waals surface area contributed by atoms with Crippen molar-refractivity contribution in [3.05, 3.63) is 35.2 Å². The number of aliphatic carboxylic acids is 1. The Morgan fingerprint density at radius 3 is 2.69 bits per heavy atom. The van der Waals surface area contributed by atoms with Crippen LogP contribution in [-0.2, 0) is 4.79 Å². The largest absolute Gasteiger partial charge is 0.474 e. The van der Waals surface area contributed by atoms with Gasteiger partial charge < -0.3 is 5.11 Å². The van der Waals surface area contributed by atoms with Gasteiger partial charge >= 0.3 is 11.6 Å². The SMILES string of the molecule is C=CN1C=CC(C(=O)O)([N+](=O)[O-])N1. The van der Waals surface area contributed by atoms with Gasteiger partial charge in [0.1, 0.15) is 0 Å². The van der Waals surface area contributed by atoms with Crippen molar-refractivity contribution >= 4 is 5.97 Å². The highest BCUT2D eigenvalue weighted by Gasteiger charge is 2.53. The second-order valence-corrected chi connectivity index (χ2v) is 2.35. The van der Waals surface area contributed by atoms with Crippen LogP contribution in [0.5, 0.6) is 0 Å². The fraction of sp³-hybridized carbons (Fsp3) is 0.167. The standard InChI is InChI=1S/C6H7N3O4/c1-2-8-4-3-6(7-8,5(10)11)9(12)13/h2-4,7H,1H2,(H,10,11). The Morgan fingerprint density at radius 2 is 2.46 bits per heavy atom. The minimum Gasteiger partial charge on any atom is -0.474 e. The van der Waals surface area contributed by atoms with E-state index in [9.17, 15) is 14.9 Å². The average molecular weight is 185 g/mol. The number of rotatable bonds is 3. The molecule has 1 aliphatic heterocycles. The molecule has 1 atom stereocenters. The van der Waals surface area contributed by atoms with Gasteiger partial charge in [-0.3, -0.25) is 15.1 Å². The van der Waals surface area contributed by atoms with Crippen LogP contribution in [0.3, 0.4) is 0 Å². The molecule has 1 unspecified atom stereocenters. The Balaban J connectivity index is 2.99. The van der Waals surface area contributed by atoms with E-state index in [0.29, 0.717) is 0 Å². The molecule has 1 heterocycles. The van der Waals surface area contributed by atoms with Crippen molar-refractivity contribution < 1.29 is 14.8 Å². The average Bonchev–Trinajstić information content (AvgIpc) is 2.48. The van der Waals surface area contributed by atoms with E-state index in [1.807, 2.05) is 0 Å². The predicted molar refractivity (Wildman–Crippen MR) is 41.7 cm³/mol. The molecule has 0 saturated heterocycles. The van der Waals surface area contributed by atoms with E-state index < -0.39 is 16.6 Å². The summed E-state index contributed by atoms with van der Waals surface area (Å²) in [6, 6.07) is 0. The van der Waals surface area contributed by atoms with Gasteiger partial charge in [0.15, 0.2) is 0 Å². The summed E-state index contributed by atoms with van der Waals surface area (Å²) in [5.74, 6) is -1.57. The third-order valence-electron chi connectivity index (χ3n) is 1.59. The molecule has 1 aliphatic rings. The van der Waals surface area contributed by atoms with Gasteiger partial charge in [-0.2, -0.15) is 0 Å². The molecular formula is C6H7N3O4. The van der Waals surface area contributed by atoms with Crippen molar-refractivity contribution in [3.8, 4) is 0 Å². The van der Waals surface area contributed by atoms with Gasteiger partial charge in [0.25, 0.3) is 0 Å². The maximum atomic E-state index is 10.6. The normalized spacial score (nSPS) is 26.0. The molecule has 0 bridgehead atoms. The molecule has 0 aliphatic carbocycles. The lowest BCUT2D eigenvalue weighted by Gasteiger charge is -2.17. The van der Waals surface area contributed by atoms with Gasteiger partial charge in [0.2, 0.25) is 0 Å². The van der Waals surface area contributed by atoms with Crippen LogP contribution in [0.2, 0.25) is 0 Å². The number of nitrogens with zero attached hydrogens (tertiary/aromatic N) is 2. The molecule has 2 N–H and O–H groups in total. The van der Waals surface area contributed by atoms with E-state index in [2.05, 4.69) is 12.0 Å². The van der Waals surface area contributed by atoms with Crippen LogP contribution in [0.1, 0.15) is 0 Å². The third kappa shape index (κ3) is 1.25. The number of hydrogen-bond donors (Lipinski definition) is 2. The first-order chi connectivity index (χ1) is 6.03. The Kier molecular flexibility index (Phi) is 2.03. The molecule has 70 valence electrons. The lowest BCUT2D eigenvalue weighted by atomic mass is 10.2. The van der Waals surface area contributed by atoms with E-state index >= 15 is 0 Å². The summed E-state index contributed by atoms with van der Waals surface area (Å²) in [6.45, 7) is 3.32. The maximum absolute atomic E-state index is 10.6. The number of carboxylic acid groups (broad SMARTS) is 1. The molecule has 7 nitrogen and oxygen atoms in total. The zero-order chi connectivity index (χ0) is 10.1. The Labute approximate surface area is 73.1 Å². The zero-order valence-electron chi connectivity index (χ0n) is 6.51. The molecule has 0 aromatic rings. The zero-order valence-corrected chi connectivity index (χ0v) is 6.51. The van der Waals surface area contributed by atoms with Gasteiger partial charge in [0, 0.05) is 18.5 Å². The maximum Gasteiger partial charge on any atom is 0.407 e. The fourth-order valence-electron chi connectivity index (χ4n) is 0.865. The first-order valence-electron chi connectivity index (χ1n) is 3.29. The minimum absolute atomic E-state index is 0.921. The highest BCUT2D eigenvalue weighted by atomic mass is 16.6. The van der Waals surface area contributed by atoms with Crippen molar-refractivity contribution in [1.82, 2.24) is 10.4 Å². The fourth-order valence-corrected chi connectivity index (χ4v) is 0.865. The quantitative estimate of drug-likeness (QED) is 0.455. The van der Waals surface area contributed by atoms with Gasteiger partial charge in [0.05, 0.1) is 4.92 Å². The van der Waals surface area contributed by atoms with Gasteiger partial charge in [-0.25, -0.2) is 4.79 Å². The van der Waals surface area contributed by atoms with Gasteiger partial charge in [-0.1, -0.05) is 6.58 Å². The minimum atomic E-state index is -2.27.